The molecule has 0 saturated heterocycles. The predicted octanol–water partition coefficient (Wildman–Crippen LogP) is 3.34. The second-order valence-corrected chi connectivity index (χ2v) is 6.01. The highest BCUT2D eigenvalue weighted by Crippen LogP contribution is 2.37. The van der Waals surface area contributed by atoms with Crippen molar-refractivity contribution in [2.75, 3.05) is 0 Å². The monoisotopic (exact) mass is 312 g/mol. The fourth-order valence-electron chi connectivity index (χ4n) is 2.53. The first kappa shape index (κ1) is 14.4. The molecule has 1 aliphatic rings. The minimum Gasteiger partial charge on any atom is -0.341 e. The summed E-state index contributed by atoms with van der Waals surface area (Å²) >= 11 is 1.47. The molecular weight excluding hydrogens is 299 g/mol. The summed E-state index contributed by atoms with van der Waals surface area (Å²) in [7, 11) is 0. The Labute approximate surface area is 131 Å². The molecule has 110 valence electrons. The molecule has 2 heterocycles. The summed E-state index contributed by atoms with van der Waals surface area (Å²) in [6.45, 7) is 3.69. The first-order valence-electron chi connectivity index (χ1n) is 6.69. The van der Waals surface area contributed by atoms with E-state index in [9.17, 15) is 9.65 Å². The fraction of sp³-hybridized carbons (Fsp3) is 0.188. The van der Waals surface area contributed by atoms with Crippen LogP contribution in [0, 0.1) is 17.1 Å². The number of nitrogens with one attached hydrogen (secondary N) is 1. The van der Waals surface area contributed by atoms with Gasteiger partial charge in [0.15, 0.2) is 10.8 Å². The molecule has 1 unspecified atom stereocenters. The third-order valence-corrected chi connectivity index (χ3v) is 4.44. The largest absolute Gasteiger partial charge is 0.341 e. The summed E-state index contributed by atoms with van der Waals surface area (Å²) in [5, 5.41) is 15.3. The SMILES string of the molecule is CC1=C(C#N)C(C)(c2ccc(F)cc2)N=C(c2nccs2)N1. The van der Waals surface area contributed by atoms with Crippen LogP contribution in [0.4, 0.5) is 4.39 Å². The lowest BCUT2D eigenvalue weighted by Crippen LogP contribution is -2.37. The average Bonchev–Trinajstić information content (AvgIpc) is 3.01. The van der Waals surface area contributed by atoms with Gasteiger partial charge < -0.3 is 5.32 Å². The molecule has 1 N–H and O–H groups in total. The standard InChI is InChI=1S/C16H13FN4S/c1-10-13(9-18)16(2,11-3-5-12(17)6-4-11)21-14(20-10)15-19-7-8-22-15/h3-8H,1-2H3,(H,20,21). The van der Waals surface area contributed by atoms with Crippen LogP contribution in [0.15, 0.2) is 52.1 Å². The number of rotatable bonds is 2. The number of amidine groups is 1. The van der Waals surface area contributed by atoms with Crippen LogP contribution in [0.3, 0.4) is 0 Å². The third-order valence-electron chi connectivity index (χ3n) is 3.66. The molecule has 0 radical (unpaired) electrons. The van der Waals surface area contributed by atoms with Crippen molar-refractivity contribution >= 4 is 17.2 Å². The van der Waals surface area contributed by atoms with Gasteiger partial charge in [-0.2, -0.15) is 5.26 Å². The van der Waals surface area contributed by atoms with Gasteiger partial charge in [0.05, 0.1) is 11.6 Å². The van der Waals surface area contributed by atoms with Gasteiger partial charge in [0, 0.05) is 17.3 Å². The number of hydrogen-bond acceptors (Lipinski definition) is 5. The Morgan fingerprint density at radius 1 is 1.32 bits per heavy atom. The Kier molecular flexibility index (Phi) is 3.51. The molecule has 22 heavy (non-hydrogen) atoms. The van der Waals surface area contributed by atoms with Crippen molar-refractivity contribution in [2.24, 2.45) is 4.99 Å². The predicted molar refractivity (Wildman–Crippen MR) is 83.9 cm³/mol. The summed E-state index contributed by atoms with van der Waals surface area (Å²) in [5.41, 5.74) is 1.15. The van der Waals surface area contributed by atoms with Crippen LogP contribution in [-0.4, -0.2) is 10.8 Å². The molecule has 2 aromatic rings. The molecule has 0 spiro atoms. The summed E-state index contributed by atoms with van der Waals surface area (Å²) in [6, 6.07) is 8.31. The van der Waals surface area contributed by atoms with E-state index in [1.807, 2.05) is 19.2 Å². The van der Waals surface area contributed by atoms with Gasteiger partial charge in [0.25, 0.3) is 0 Å². The minimum absolute atomic E-state index is 0.315. The van der Waals surface area contributed by atoms with Gasteiger partial charge in [-0.25, -0.2) is 14.4 Å². The van der Waals surface area contributed by atoms with Crippen LogP contribution >= 0.6 is 11.3 Å². The molecule has 1 atom stereocenters. The number of allylic oxidation sites excluding steroid dienone is 1. The lowest BCUT2D eigenvalue weighted by Gasteiger charge is -2.32. The normalized spacial score (nSPS) is 21.1. The van der Waals surface area contributed by atoms with E-state index in [0.29, 0.717) is 11.4 Å². The Hall–Kier alpha value is -2.52. The molecule has 0 bridgehead atoms. The van der Waals surface area contributed by atoms with Gasteiger partial charge in [0.2, 0.25) is 0 Å². The number of benzene rings is 1. The molecule has 0 amide bonds. The van der Waals surface area contributed by atoms with Crippen molar-refractivity contribution in [1.82, 2.24) is 10.3 Å². The van der Waals surface area contributed by atoms with E-state index in [2.05, 4.69) is 16.4 Å². The van der Waals surface area contributed by atoms with Crippen LogP contribution < -0.4 is 5.32 Å². The zero-order valence-corrected chi connectivity index (χ0v) is 12.9. The van der Waals surface area contributed by atoms with Crippen molar-refractivity contribution in [3.63, 3.8) is 0 Å². The summed E-state index contributed by atoms with van der Waals surface area (Å²) < 4.78 is 13.2. The number of hydrogen-bond donors (Lipinski definition) is 1. The lowest BCUT2D eigenvalue weighted by atomic mass is 9.83. The molecule has 0 fully saturated rings. The van der Waals surface area contributed by atoms with E-state index in [4.69, 9.17) is 4.99 Å². The number of nitrogens with zero attached hydrogens (tertiary/aromatic N) is 3. The van der Waals surface area contributed by atoms with Crippen LogP contribution in [-0.2, 0) is 5.54 Å². The maximum atomic E-state index is 13.2. The molecule has 1 aliphatic heterocycles. The highest BCUT2D eigenvalue weighted by atomic mass is 32.1. The molecule has 3 rings (SSSR count). The topological polar surface area (TPSA) is 61.1 Å². The van der Waals surface area contributed by atoms with Gasteiger partial charge in [0.1, 0.15) is 11.4 Å². The molecule has 1 aromatic heterocycles. The quantitative estimate of drug-likeness (QED) is 0.925. The van der Waals surface area contributed by atoms with E-state index < -0.39 is 5.54 Å². The molecular formula is C16H13FN4S. The number of nitriles is 1. The van der Waals surface area contributed by atoms with Gasteiger partial charge in [-0.1, -0.05) is 12.1 Å². The minimum atomic E-state index is -0.862. The van der Waals surface area contributed by atoms with Gasteiger partial charge in [-0.05, 0) is 31.5 Å². The summed E-state index contributed by atoms with van der Waals surface area (Å²) in [4.78, 5) is 8.97. The van der Waals surface area contributed by atoms with Gasteiger partial charge in [-0.3, -0.25) is 0 Å². The Bertz CT molecular complexity index is 800. The molecule has 6 heteroatoms. The lowest BCUT2D eigenvalue weighted by molar-refractivity contribution is 0.576. The Morgan fingerprint density at radius 3 is 2.64 bits per heavy atom. The zero-order chi connectivity index (χ0) is 15.7. The number of aromatic nitrogens is 1. The molecule has 0 aliphatic carbocycles. The first-order valence-corrected chi connectivity index (χ1v) is 7.57. The van der Waals surface area contributed by atoms with Crippen LogP contribution in [0.25, 0.3) is 0 Å². The van der Waals surface area contributed by atoms with Crippen LogP contribution in [0.1, 0.15) is 24.4 Å². The smallest absolute Gasteiger partial charge is 0.163 e. The number of thiazole rings is 1. The third kappa shape index (κ3) is 2.30. The highest BCUT2D eigenvalue weighted by molar-refractivity contribution is 7.11. The summed E-state index contributed by atoms with van der Waals surface area (Å²) in [6.07, 6.45) is 1.71. The zero-order valence-electron chi connectivity index (χ0n) is 12.1. The van der Waals surface area contributed by atoms with E-state index in [1.54, 1.807) is 18.3 Å². The van der Waals surface area contributed by atoms with Crippen LogP contribution in [0.2, 0.25) is 0 Å². The second kappa shape index (κ2) is 5.35. The summed E-state index contributed by atoms with van der Waals surface area (Å²) in [5.74, 6) is 0.308. The molecule has 4 nitrogen and oxygen atoms in total. The van der Waals surface area contributed by atoms with Gasteiger partial charge >= 0.3 is 0 Å². The van der Waals surface area contributed by atoms with Crippen molar-refractivity contribution in [1.29, 1.82) is 5.26 Å². The van der Waals surface area contributed by atoms with Crippen molar-refractivity contribution in [2.45, 2.75) is 19.4 Å². The highest BCUT2D eigenvalue weighted by Gasteiger charge is 2.37. The maximum absolute atomic E-state index is 13.2. The number of halogens is 1. The van der Waals surface area contributed by atoms with Crippen molar-refractivity contribution in [3.05, 3.63) is 63.5 Å². The fourth-order valence-corrected chi connectivity index (χ4v) is 3.11. The van der Waals surface area contributed by atoms with E-state index in [1.165, 1.54) is 23.5 Å². The van der Waals surface area contributed by atoms with Gasteiger partial charge in [-0.15, -0.1) is 11.3 Å². The van der Waals surface area contributed by atoms with E-state index in [0.717, 1.165) is 16.3 Å². The van der Waals surface area contributed by atoms with Crippen molar-refractivity contribution in [3.8, 4) is 6.07 Å². The van der Waals surface area contributed by atoms with E-state index >= 15 is 0 Å². The Balaban J connectivity index is 2.17. The molecule has 0 saturated carbocycles. The van der Waals surface area contributed by atoms with E-state index in [-0.39, 0.29) is 5.82 Å². The second-order valence-electron chi connectivity index (χ2n) is 5.11. The number of aliphatic imine (C=N–C) groups is 1. The maximum Gasteiger partial charge on any atom is 0.163 e. The molecule has 1 aromatic carbocycles. The van der Waals surface area contributed by atoms with Crippen molar-refractivity contribution < 1.29 is 4.39 Å². The van der Waals surface area contributed by atoms with Crippen LogP contribution in [0.5, 0.6) is 0 Å². The first-order chi connectivity index (χ1) is 10.5. The Morgan fingerprint density at radius 2 is 2.05 bits per heavy atom. The average molecular weight is 312 g/mol.